The van der Waals surface area contributed by atoms with Gasteiger partial charge in [0, 0.05) is 22.9 Å². The number of amides is 1. The van der Waals surface area contributed by atoms with Crippen LogP contribution in [0.25, 0.3) is 0 Å². The maximum absolute atomic E-state index is 12.6. The highest BCUT2D eigenvalue weighted by Crippen LogP contribution is 2.31. The molecule has 1 fully saturated rings. The summed E-state index contributed by atoms with van der Waals surface area (Å²) in [5.41, 5.74) is 1.44. The average molecular weight is 362 g/mol. The lowest BCUT2D eigenvalue weighted by atomic mass is 9.95. The molecule has 0 aromatic carbocycles. The number of quaternary nitrogens is 1. The summed E-state index contributed by atoms with van der Waals surface area (Å²) in [6.45, 7) is 1.64. The molecule has 0 bridgehead atoms. The molecule has 1 saturated carbocycles. The second kappa shape index (κ2) is 7.38. The Morgan fingerprint density at radius 2 is 2.04 bits per heavy atom. The van der Waals surface area contributed by atoms with Gasteiger partial charge in [0.15, 0.2) is 6.54 Å². The Kier molecular flexibility index (Phi) is 5.01. The molecule has 2 aromatic rings. The molecule has 0 radical (unpaired) electrons. The maximum atomic E-state index is 12.6. The van der Waals surface area contributed by atoms with E-state index in [0.29, 0.717) is 18.6 Å². The second-order valence-corrected chi connectivity index (χ2v) is 8.96. The number of nitrogens with one attached hydrogen (secondary N) is 2. The third-order valence-electron chi connectivity index (χ3n) is 5.36. The van der Waals surface area contributed by atoms with Crippen molar-refractivity contribution in [1.29, 1.82) is 0 Å². The fraction of sp³-hybridized carbons (Fsp3) is 0.526. The number of hydrogen-bond donors (Lipinski definition) is 2. The fourth-order valence-corrected chi connectivity index (χ4v) is 6.00. The summed E-state index contributed by atoms with van der Waals surface area (Å²) in [6, 6.07) is 7.36. The van der Waals surface area contributed by atoms with Crippen LogP contribution in [0.15, 0.2) is 29.0 Å². The minimum Gasteiger partial charge on any atom is -0.348 e. The molecular weight excluding hydrogens is 336 g/mol. The number of thiophene rings is 2. The first-order valence-electron chi connectivity index (χ1n) is 9.05. The van der Waals surface area contributed by atoms with Crippen molar-refractivity contribution in [1.82, 2.24) is 5.32 Å². The summed E-state index contributed by atoms with van der Waals surface area (Å²) in [7, 11) is 0. The van der Waals surface area contributed by atoms with Gasteiger partial charge < -0.3 is 10.2 Å². The Morgan fingerprint density at radius 3 is 2.83 bits per heavy atom. The molecule has 3 nitrogen and oxygen atoms in total. The van der Waals surface area contributed by atoms with Crippen LogP contribution in [-0.2, 0) is 11.2 Å². The van der Waals surface area contributed by atoms with Crippen molar-refractivity contribution in [2.45, 2.75) is 50.6 Å². The SMILES string of the molecule is O=C(C[NH+]1CCc2sccc2[C@H]1c1cccs1)NC1CCCCC1. The van der Waals surface area contributed by atoms with Crippen molar-refractivity contribution in [2.75, 3.05) is 13.1 Å². The van der Waals surface area contributed by atoms with Crippen LogP contribution in [0.5, 0.6) is 0 Å². The average Bonchev–Trinajstić information content (AvgIpc) is 3.27. The normalized spacial score (nSPS) is 24.5. The first-order valence-corrected chi connectivity index (χ1v) is 10.8. The van der Waals surface area contributed by atoms with E-state index in [-0.39, 0.29) is 5.91 Å². The van der Waals surface area contributed by atoms with Crippen molar-refractivity contribution in [3.05, 3.63) is 44.3 Å². The van der Waals surface area contributed by atoms with Crippen LogP contribution in [0.4, 0.5) is 0 Å². The van der Waals surface area contributed by atoms with Gasteiger partial charge in [0.25, 0.3) is 5.91 Å². The van der Waals surface area contributed by atoms with Crippen molar-refractivity contribution in [3.8, 4) is 0 Å². The summed E-state index contributed by atoms with van der Waals surface area (Å²) >= 11 is 3.68. The van der Waals surface area contributed by atoms with Crippen LogP contribution in [0.1, 0.15) is 53.5 Å². The first-order chi connectivity index (χ1) is 11.8. The molecule has 128 valence electrons. The predicted molar refractivity (Wildman–Crippen MR) is 99.9 cm³/mol. The Labute approximate surface area is 151 Å². The molecule has 2 atom stereocenters. The van der Waals surface area contributed by atoms with Gasteiger partial charge in [-0.05, 0) is 35.7 Å². The van der Waals surface area contributed by atoms with Gasteiger partial charge >= 0.3 is 0 Å². The quantitative estimate of drug-likeness (QED) is 0.863. The zero-order chi connectivity index (χ0) is 16.4. The van der Waals surface area contributed by atoms with Crippen LogP contribution < -0.4 is 10.2 Å². The maximum Gasteiger partial charge on any atom is 0.275 e. The third kappa shape index (κ3) is 3.44. The highest BCUT2D eigenvalue weighted by molar-refractivity contribution is 7.10. The van der Waals surface area contributed by atoms with Gasteiger partial charge in [-0.2, -0.15) is 0 Å². The van der Waals surface area contributed by atoms with Gasteiger partial charge in [-0.25, -0.2) is 0 Å². The topological polar surface area (TPSA) is 33.5 Å². The van der Waals surface area contributed by atoms with Gasteiger partial charge in [0.1, 0.15) is 6.04 Å². The lowest BCUT2D eigenvalue weighted by Gasteiger charge is -2.32. The van der Waals surface area contributed by atoms with Crippen molar-refractivity contribution < 1.29 is 9.69 Å². The van der Waals surface area contributed by atoms with Crippen LogP contribution in [0.3, 0.4) is 0 Å². The minimum absolute atomic E-state index is 0.233. The second-order valence-electron chi connectivity index (χ2n) is 6.99. The summed E-state index contributed by atoms with van der Waals surface area (Å²) < 4.78 is 0. The lowest BCUT2D eigenvalue weighted by molar-refractivity contribution is -0.919. The van der Waals surface area contributed by atoms with E-state index in [1.165, 1.54) is 39.5 Å². The molecule has 24 heavy (non-hydrogen) atoms. The zero-order valence-corrected chi connectivity index (χ0v) is 15.6. The van der Waals surface area contributed by atoms with Crippen molar-refractivity contribution in [3.63, 3.8) is 0 Å². The zero-order valence-electron chi connectivity index (χ0n) is 13.9. The number of hydrogen-bond acceptors (Lipinski definition) is 3. The van der Waals surface area contributed by atoms with E-state index in [9.17, 15) is 4.79 Å². The number of fused-ring (bicyclic) bond motifs is 1. The largest absolute Gasteiger partial charge is 0.348 e. The molecule has 1 amide bonds. The summed E-state index contributed by atoms with van der Waals surface area (Å²) in [5, 5.41) is 7.65. The molecule has 0 saturated heterocycles. The Morgan fingerprint density at radius 1 is 1.17 bits per heavy atom. The van der Waals surface area contributed by atoms with E-state index in [4.69, 9.17) is 0 Å². The molecule has 1 aliphatic heterocycles. The molecule has 1 unspecified atom stereocenters. The Bertz CT molecular complexity index is 673. The predicted octanol–water partition coefficient (Wildman–Crippen LogP) is 2.79. The van der Waals surface area contributed by atoms with Crippen LogP contribution in [0, 0.1) is 0 Å². The lowest BCUT2D eigenvalue weighted by Crippen LogP contribution is -3.14. The molecule has 4 rings (SSSR count). The van der Waals surface area contributed by atoms with Crippen molar-refractivity contribution in [2.24, 2.45) is 0 Å². The van der Waals surface area contributed by atoms with E-state index in [2.05, 4.69) is 34.3 Å². The number of carbonyl (C=O) groups is 1. The third-order valence-corrected chi connectivity index (χ3v) is 7.29. The minimum atomic E-state index is 0.233. The fourth-order valence-electron chi connectivity index (χ4n) is 4.18. The van der Waals surface area contributed by atoms with Crippen molar-refractivity contribution >= 4 is 28.6 Å². The molecule has 2 aromatic heterocycles. The monoisotopic (exact) mass is 361 g/mol. The summed E-state index contributed by atoms with van der Waals surface area (Å²) in [5.74, 6) is 0.233. The molecular formula is C19H25N2OS2+. The van der Waals surface area contributed by atoms with E-state index in [1.807, 2.05) is 22.7 Å². The van der Waals surface area contributed by atoms with Crippen LogP contribution in [-0.4, -0.2) is 25.0 Å². The van der Waals surface area contributed by atoms with Crippen LogP contribution >= 0.6 is 22.7 Å². The van der Waals surface area contributed by atoms with E-state index < -0.39 is 0 Å². The summed E-state index contributed by atoms with van der Waals surface area (Å²) in [6.07, 6.45) is 7.26. The Hall–Kier alpha value is -1.17. The first kappa shape index (κ1) is 16.3. The molecule has 5 heteroatoms. The number of carbonyl (C=O) groups excluding carboxylic acids is 1. The highest BCUT2D eigenvalue weighted by Gasteiger charge is 2.35. The molecule has 2 N–H and O–H groups in total. The van der Waals surface area contributed by atoms with E-state index in [0.717, 1.165) is 25.8 Å². The summed E-state index contributed by atoms with van der Waals surface area (Å²) in [4.78, 5) is 16.9. The van der Waals surface area contributed by atoms with E-state index >= 15 is 0 Å². The van der Waals surface area contributed by atoms with Gasteiger partial charge in [-0.15, -0.1) is 22.7 Å². The van der Waals surface area contributed by atoms with Crippen LogP contribution in [0.2, 0.25) is 0 Å². The molecule has 2 aliphatic rings. The van der Waals surface area contributed by atoms with Gasteiger partial charge in [0.05, 0.1) is 11.4 Å². The molecule has 1 aliphatic carbocycles. The van der Waals surface area contributed by atoms with Gasteiger partial charge in [0.2, 0.25) is 0 Å². The van der Waals surface area contributed by atoms with Gasteiger partial charge in [-0.1, -0.05) is 25.3 Å². The molecule has 3 heterocycles. The standard InChI is InChI=1S/C19H24N2OS2/c22-18(20-14-5-2-1-3-6-14)13-21-10-8-16-15(9-12-24-16)19(21)17-7-4-11-23-17/h4,7,9,11-12,14,19H,1-3,5-6,8,10,13H2,(H,20,22)/p+1/t19-/m0/s1. The highest BCUT2D eigenvalue weighted by atomic mass is 32.1. The smallest absolute Gasteiger partial charge is 0.275 e. The van der Waals surface area contributed by atoms with E-state index in [1.54, 1.807) is 0 Å². The number of rotatable bonds is 4. The molecule has 0 spiro atoms. The van der Waals surface area contributed by atoms with Gasteiger partial charge in [-0.3, -0.25) is 4.79 Å². The Balaban J connectivity index is 1.48.